The van der Waals surface area contributed by atoms with Crippen LogP contribution in [0.1, 0.15) is 5.56 Å². The van der Waals surface area contributed by atoms with Crippen LogP contribution in [-0.2, 0) is 16.4 Å². The molecule has 0 aliphatic heterocycles. The topological polar surface area (TPSA) is 85.1 Å². The average Bonchev–Trinajstić information content (AvgIpc) is 2.43. The van der Waals surface area contributed by atoms with Crippen molar-refractivity contribution in [3.05, 3.63) is 53.1 Å². The quantitative estimate of drug-likeness (QED) is 0.821. The van der Waals surface area contributed by atoms with E-state index in [4.69, 9.17) is 17.3 Å². The molecule has 3 N–H and O–H groups in total. The van der Waals surface area contributed by atoms with Crippen LogP contribution in [0.5, 0.6) is 0 Å². The van der Waals surface area contributed by atoms with Gasteiger partial charge in [0.25, 0.3) is 0 Å². The largest absolute Gasteiger partial charge is 0.399 e. The van der Waals surface area contributed by atoms with Crippen molar-refractivity contribution in [3.63, 3.8) is 0 Å². The molecular weight excluding hydrogens is 317 g/mol. The summed E-state index contributed by atoms with van der Waals surface area (Å²) in [5.74, 6) is -1.01. The van der Waals surface area contributed by atoms with Gasteiger partial charge in [-0.05, 0) is 36.2 Å². The Morgan fingerprint density at radius 1 is 1.29 bits per heavy atom. The summed E-state index contributed by atoms with van der Waals surface area (Å²) in [4.78, 5) is 3.31. The van der Waals surface area contributed by atoms with E-state index in [1.165, 1.54) is 0 Å². The Hall–Kier alpha value is -1.70. The first-order chi connectivity index (χ1) is 9.90. The Bertz CT molecular complexity index is 739. The fraction of sp³-hybridized carbons (Fsp3) is 0.154. The van der Waals surface area contributed by atoms with Gasteiger partial charge >= 0.3 is 0 Å². The molecule has 0 amide bonds. The highest BCUT2D eigenvalue weighted by molar-refractivity contribution is 7.89. The fourth-order valence-electron chi connectivity index (χ4n) is 1.74. The fourth-order valence-corrected chi connectivity index (χ4v) is 3.18. The highest BCUT2D eigenvalue weighted by Gasteiger charge is 2.21. The Labute approximate surface area is 127 Å². The standard InChI is InChI=1S/C13H13ClFN3O2S/c14-11-7-10(16)8-12(13(11)15)21(19,20)18-6-3-9-1-4-17-5-2-9/h1-2,4-5,7-8,18H,3,6,16H2. The molecule has 8 heteroatoms. The molecule has 0 saturated carbocycles. The van der Waals surface area contributed by atoms with Gasteiger partial charge in [-0.1, -0.05) is 11.6 Å². The summed E-state index contributed by atoms with van der Waals surface area (Å²) in [7, 11) is -4.01. The second-order valence-electron chi connectivity index (χ2n) is 4.32. The molecule has 2 rings (SSSR count). The molecular formula is C13H13ClFN3O2S. The molecule has 2 aromatic rings. The minimum Gasteiger partial charge on any atom is -0.399 e. The number of nitrogens with two attached hydrogens (primary N) is 1. The zero-order valence-electron chi connectivity index (χ0n) is 10.9. The summed E-state index contributed by atoms with van der Waals surface area (Å²) in [5.41, 5.74) is 6.49. The molecule has 0 spiro atoms. The van der Waals surface area contributed by atoms with Gasteiger partial charge in [-0.15, -0.1) is 0 Å². The highest BCUT2D eigenvalue weighted by Crippen LogP contribution is 2.25. The lowest BCUT2D eigenvalue weighted by molar-refractivity contribution is 0.557. The van der Waals surface area contributed by atoms with Crippen LogP contribution in [0.3, 0.4) is 0 Å². The third-order valence-corrected chi connectivity index (χ3v) is 4.50. The number of hydrogen-bond donors (Lipinski definition) is 2. The second kappa shape index (κ2) is 6.38. The van der Waals surface area contributed by atoms with Crippen LogP contribution in [0.4, 0.5) is 10.1 Å². The molecule has 0 aliphatic carbocycles. The van der Waals surface area contributed by atoms with Crippen molar-refractivity contribution in [2.24, 2.45) is 0 Å². The number of nitrogens with zero attached hydrogens (tertiary/aromatic N) is 1. The molecule has 112 valence electrons. The van der Waals surface area contributed by atoms with Crippen molar-refractivity contribution < 1.29 is 12.8 Å². The number of benzene rings is 1. The molecule has 1 aromatic heterocycles. The summed E-state index contributed by atoms with van der Waals surface area (Å²) < 4.78 is 40.3. The maximum Gasteiger partial charge on any atom is 0.243 e. The molecule has 0 unspecified atom stereocenters. The van der Waals surface area contributed by atoms with E-state index in [-0.39, 0.29) is 17.3 Å². The smallest absolute Gasteiger partial charge is 0.243 e. The van der Waals surface area contributed by atoms with E-state index in [0.29, 0.717) is 6.42 Å². The summed E-state index contributed by atoms with van der Waals surface area (Å²) in [6.07, 6.45) is 3.68. The van der Waals surface area contributed by atoms with Gasteiger partial charge in [-0.3, -0.25) is 4.98 Å². The molecule has 0 bridgehead atoms. The van der Waals surface area contributed by atoms with Crippen LogP contribution in [0, 0.1) is 5.82 Å². The molecule has 1 heterocycles. The number of hydrogen-bond acceptors (Lipinski definition) is 4. The lowest BCUT2D eigenvalue weighted by Gasteiger charge is -2.09. The van der Waals surface area contributed by atoms with Crippen LogP contribution in [-0.4, -0.2) is 19.9 Å². The number of aromatic nitrogens is 1. The molecule has 0 atom stereocenters. The zero-order valence-corrected chi connectivity index (χ0v) is 12.5. The summed E-state index contributed by atoms with van der Waals surface area (Å²) in [5, 5.41) is -0.329. The average molecular weight is 330 g/mol. The highest BCUT2D eigenvalue weighted by atomic mass is 35.5. The predicted octanol–water partition coefficient (Wildman–Crippen LogP) is 1.98. The van der Waals surface area contributed by atoms with Gasteiger partial charge in [0.1, 0.15) is 4.90 Å². The summed E-state index contributed by atoms with van der Waals surface area (Å²) in [6.45, 7) is 0.123. The minimum absolute atomic E-state index is 0.0795. The molecule has 0 saturated heterocycles. The van der Waals surface area contributed by atoms with E-state index in [1.807, 2.05) is 0 Å². The molecule has 1 aromatic carbocycles. The number of rotatable bonds is 5. The maximum atomic E-state index is 13.8. The van der Waals surface area contributed by atoms with Gasteiger partial charge in [0.2, 0.25) is 10.0 Å². The zero-order chi connectivity index (χ0) is 15.5. The van der Waals surface area contributed by atoms with Crippen molar-refractivity contribution >= 4 is 27.3 Å². The van der Waals surface area contributed by atoms with Gasteiger partial charge in [0, 0.05) is 24.6 Å². The Morgan fingerprint density at radius 3 is 2.62 bits per heavy atom. The molecule has 5 nitrogen and oxygen atoms in total. The molecule has 0 fully saturated rings. The third kappa shape index (κ3) is 3.90. The van der Waals surface area contributed by atoms with Crippen molar-refractivity contribution in [2.45, 2.75) is 11.3 Å². The van der Waals surface area contributed by atoms with Crippen LogP contribution in [0.25, 0.3) is 0 Å². The number of halogens is 2. The van der Waals surface area contributed by atoms with Gasteiger partial charge in [-0.2, -0.15) is 0 Å². The monoisotopic (exact) mass is 329 g/mol. The lowest BCUT2D eigenvalue weighted by Crippen LogP contribution is -2.27. The Morgan fingerprint density at radius 2 is 1.95 bits per heavy atom. The Balaban J connectivity index is 2.12. The van der Waals surface area contributed by atoms with Crippen LogP contribution in [0.15, 0.2) is 41.6 Å². The second-order valence-corrected chi connectivity index (χ2v) is 6.46. The van der Waals surface area contributed by atoms with Crippen molar-refractivity contribution in [3.8, 4) is 0 Å². The van der Waals surface area contributed by atoms with E-state index in [1.54, 1.807) is 24.5 Å². The first kappa shape index (κ1) is 15.7. The van der Waals surface area contributed by atoms with E-state index in [0.717, 1.165) is 17.7 Å². The first-order valence-electron chi connectivity index (χ1n) is 6.03. The summed E-state index contributed by atoms with van der Waals surface area (Å²) in [6, 6.07) is 5.74. The maximum absolute atomic E-state index is 13.8. The number of pyridine rings is 1. The van der Waals surface area contributed by atoms with E-state index in [9.17, 15) is 12.8 Å². The predicted molar refractivity (Wildman–Crippen MR) is 79.0 cm³/mol. The number of nitrogens with one attached hydrogen (secondary N) is 1. The first-order valence-corrected chi connectivity index (χ1v) is 7.89. The lowest BCUT2D eigenvalue weighted by atomic mass is 10.2. The molecule has 21 heavy (non-hydrogen) atoms. The van der Waals surface area contributed by atoms with Gasteiger partial charge in [0.15, 0.2) is 5.82 Å². The van der Waals surface area contributed by atoms with Gasteiger partial charge < -0.3 is 5.73 Å². The normalized spacial score (nSPS) is 11.5. The van der Waals surface area contributed by atoms with Gasteiger partial charge in [0.05, 0.1) is 5.02 Å². The van der Waals surface area contributed by atoms with E-state index in [2.05, 4.69) is 9.71 Å². The third-order valence-electron chi connectivity index (χ3n) is 2.76. The van der Waals surface area contributed by atoms with Crippen molar-refractivity contribution in [2.75, 3.05) is 12.3 Å². The number of nitrogen functional groups attached to an aromatic ring is 1. The Kier molecular flexibility index (Phi) is 4.76. The van der Waals surface area contributed by atoms with Crippen molar-refractivity contribution in [1.29, 1.82) is 0 Å². The molecule has 0 radical (unpaired) electrons. The number of sulfonamides is 1. The summed E-state index contributed by atoms with van der Waals surface area (Å²) >= 11 is 5.60. The van der Waals surface area contributed by atoms with Crippen molar-refractivity contribution in [1.82, 2.24) is 9.71 Å². The van der Waals surface area contributed by atoms with Gasteiger partial charge in [-0.25, -0.2) is 17.5 Å². The molecule has 0 aliphatic rings. The van der Waals surface area contributed by atoms with Crippen LogP contribution in [0.2, 0.25) is 5.02 Å². The SMILES string of the molecule is Nc1cc(Cl)c(F)c(S(=O)(=O)NCCc2ccncc2)c1. The minimum atomic E-state index is -4.01. The van der Waals surface area contributed by atoms with E-state index < -0.39 is 20.7 Å². The number of anilines is 1. The van der Waals surface area contributed by atoms with Crippen LogP contribution < -0.4 is 10.5 Å². The van der Waals surface area contributed by atoms with E-state index >= 15 is 0 Å². The van der Waals surface area contributed by atoms with Crippen LogP contribution >= 0.6 is 11.6 Å².